The molecule has 1 fully saturated rings. The predicted octanol–water partition coefficient (Wildman–Crippen LogP) is -0.371. The number of nitrogens with two attached hydrogens (primary N) is 1. The van der Waals surface area contributed by atoms with Crippen LogP contribution in [0.25, 0.3) is 0 Å². The molecule has 19 heavy (non-hydrogen) atoms. The molecule has 0 radical (unpaired) electrons. The summed E-state index contributed by atoms with van der Waals surface area (Å²) in [5.41, 5.74) is 6.18. The molecule has 2 rings (SSSR count). The molecule has 1 aliphatic rings. The summed E-state index contributed by atoms with van der Waals surface area (Å²) in [5.74, 6) is -0.582. The first-order chi connectivity index (χ1) is 9.15. The molecule has 0 bridgehead atoms. The van der Waals surface area contributed by atoms with E-state index in [-0.39, 0.29) is 5.91 Å². The van der Waals surface area contributed by atoms with Crippen molar-refractivity contribution in [1.29, 1.82) is 0 Å². The summed E-state index contributed by atoms with van der Waals surface area (Å²) in [7, 11) is 0. The van der Waals surface area contributed by atoms with Crippen LogP contribution in [0.15, 0.2) is 24.3 Å². The number of carbonyl (C=O) groups excluding carboxylic acids is 2. The van der Waals surface area contributed by atoms with E-state index in [1.165, 1.54) is 0 Å². The van der Waals surface area contributed by atoms with E-state index in [1.807, 2.05) is 0 Å². The summed E-state index contributed by atoms with van der Waals surface area (Å²) in [4.78, 5) is 25.0. The minimum Gasteiger partial charge on any atom is -0.366 e. The molecule has 2 amide bonds. The van der Waals surface area contributed by atoms with Crippen molar-refractivity contribution < 1.29 is 9.59 Å². The molecule has 0 unspecified atom stereocenters. The predicted molar refractivity (Wildman–Crippen MR) is 72.9 cm³/mol. The van der Waals surface area contributed by atoms with Crippen LogP contribution in [0, 0.1) is 0 Å². The number of hydrogen-bond donors (Lipinski definition) is 3. The molecule has 102 valence electrons. The van der Waals surface area contributed by atoms with Crippen LogP contribution in [0.5, 0.6) is 0 Å². The summed E-state index contributed by atoms with van der Waals surface area (Å²) in [5, 5.41) is 6.01. The van der Waals surface area contributed by atoms with Gasteiger partial charge in [-0.2, -0.15) is 0 Å². The van der Waals surface area contributed by atoms with E-state index in [4.69, 9.17) is 5.73 Å². The van der Waals surface area contributed by atoms with Gasteiger partial charge in [0.1, 0.15) is 0 Å². The maximum absolute atomic E-state index is 11.9. The quantitative estimate of drug-likeness (QED) is 0.691. The van der Waals surface area contributed by atoms with Crippen LogP contribution in [0.2, 0.25) is 0 Å². The van der Waals surface area contributed by atoms with Crippen LogP contribution in [-0.4, -0.2) is 49.4 Å². The minimum atomic E-state index is -0.502. The third kappa shape index (κ3) is 4.04. The molecule has 1 aromatic carbocycles. The third-order valence-electron chi connectivity index (χ3n) is 3.01. The van der Waals surface area contributed by atoms with Gasteiger partial charge in [0.2, 0.25) is 11.8 Å². The van der Waals surface area contributed by atoms with E-state index in [9.17, 15) is 9.59 Å². The average molecular weight is 262 g/mol. The summed E-state index contributed by atoms with van der Waals surface area (Å²) in [6.07, 6.45) is 0. The van der Waals surface area contributed by atoms with Crippen LogP contribution in [0.4, 0.5) is 5.69 Å². The third-order valence-corrected chi connectivity index (χ3v) is 3.01. The first-order valence-corrected chi connectivity index (χ1v) is 6.28. The van der Waals surface area contributed by atoms with Gasteiger partial charge in [0.25, 0.3) is 0 Å². The van der Waals surface area contributed by atoms with Gasteiger partial charge >= 0.3 is 0 Å². The van der Waals surface area contributed by atoms with Gasteiger partial charge in [-0.1, -0.05) is 6.07 Å². The zero-order valence-electron chi connectivity index (χ0n) is 10.7. The number of carbonyl (C=O) groups is 2. The van der Waals surface area contributed by atoms with Crippen LogP contribution in [-0.2, 0) is 4.79 Å². The highest BCUT2D eigenvalue weighted by atomic mass is 16.2. The molecule has 0 aliphatic carbocycles. The second-order valence-electron chi connectivity index (χ2n) is 4.52. The van der Waals surface area contributed by atoms with Crippen LogP contribution in [0.3, 0.4) is 0 Å². The first kappa shape index (κ1) is 13.5. The Hall–Kier alpha value is -1.92. The molecule has 0 saturated carbocycles. The number of nitrogens with zero attached hydrogens (tertiary/aromatic N) is 1. The van der Waals surface area contributed by atoms with Crippen LogP contribution in [0.1, 0.15) is 10.4 Å². The number of anilines is 1. The van der Waals surface area contributed by atoms with Crippen molar-refractivity contribution in [3.05, 3.63) is 29.8 Å². The monoisotopic (exact) mass is 262 g/mol. The number of amides is 2. The van der Waals surface area contributed by atoms with Gasteiger partial charge in [-0.25, -0.2) is 0 Å². The molecule has 0 spiro atoms. The maximum atomic E-state index is 11.9. The molecule has 0 aromatic heterocycles. The highest BCUT2D eigenvalue weighted by Gasteiger charge is 2.13. The van der Waals surface area contributed by atoms with Gasteiger partial charge in [-0.05, 0) is 18.2 Å². The fourth-order valence-corrected chi connectivity index (χ4v) is 2.02. The van der Waals surface area contributed by atoms with Crippen molar-refractivity contribution in [2.24, 2.45) is 5.73 Å². The van der Waals surface area contributed by atoms with Crippen LogP contribution < -0.4 is 16.4 Å². The van der Waals surface area contributed by atoms with Crippen molar-refractivity contribution in [1.82, 2.24) is 10.2 Å². The molecular formula is C13H18N4O2. The van der Waals surface area contributed by atoms with E-state index in [1.54, 1.807) is 24.3 Å². The van der Waals surface area contributed by atoms with Gasteiger partial charge in [0.15, 0.2) is 0 Å². The molecule has 1 aromatic rings. The molecule has 6 heteroatoms. The standard InChI is InChI=1S/C13H18N4O2/c14-13(19)10-2-1-3-11(8-10)16-12(18)9-17-6-4-15-5-7-17/h1-3,8,15H,4-7,9H2,(H2,14,19)(H,16,18). The fourth-order valence-electron chi connectivity index (χ4n) is 2.02. The number of benzene rings is 1. The molecule has 1 aliphatic heterocycles. The Kier molecular flexibility index (Phi) is 4.48. The molecule has 0 atom stereocenters. The van der Waals surface area contributed by atoms with Gasteiger partial charge in [0, 0.05) is 37.4 Å². The second kappa shape index (κ2) is 6.31. The van der Waals surface area contributed by atoms with Crippen LogP contribution >= 0.6 is 0 Å². The molecular weight excluding hydrogens is 244 g/mol. The van der Waals surface area contributed by atoms with Crippen molar-refractivity contribution in [2.45, 2.75) is 0 Å². The SMILES string of the molecule is NC(=O)c1cccc(NC(=O)CN2CCNCC2)c1. The topological polar surface area (TPSA) is 87.5 Å². The smallest absolute Gasteiger partial charge is 0.248 e. The Labute approximate surface area is 112 Å². The molecule has 1 saturated heterocycles. The Morgan fingerprint density at radius 3 is 2.74 bits per heavy atom. The Morgan fingerprint density at radius 1 is 1.32 bits per heavy atom. The zero-order valence-corrected chi connectivity index (χ0v) is 10.7. The zero-order chi connectivity index (χ0) is 13.7. The molecule has 1 heterocycles. The summed E-state index contributed by atoms with van der Waals surface area (Å²) >= 11 is 0. The number of hydrogen-bond acceptors (Lipinski definition) is 4. The highest BCUT2D eigenvalue weighted by Crippen LogP contribution is 2.10. The molecule has 4 N–H and O–H groups in total. The van der Waals surface area contributed by atoms with E-state index in [2.05, 4.69) is 15.5 Å². The van der Waals surface area contributed by atoms with Crippen molar-refractivity contribution in [2.75, 3.05) is 38.0 Å². The van der Waals surface area contributed by atoms with Gasteiger partial charge in [-0.3, -0.25) is 14.5 Å². The largest absolute Gasteiger partial charge is 0.366 e. The number of primary amides is 1. The fraction of sp³-hybridized carbons (Fsp3) is 0.385. The summed E-state index contributed by atoms with van der Waals surface area (Å²) in [6.45, 7) is 3.92. The highest BCUT2D eigenvalue weighted by molar-refractivity contribution is 5.96. The minimum absolute atomic E-state index is 0.0801. The lowest BCUT2D eigenvalue weighted by molar-refractivity contribution is -0.117. The van der Waals surface area contributed by atoms with Gasteiger partial charge in [0.05, 0.1) is 6.54 Å². The van der Waals surface area contributed by atoms with Gasteiger partial charge < -0.3 is 16.4 Å². The Balaban J connectivity index is 1.90. The normalized spacial score (nSPS) is 16.0. The lowest BCUT2D eigenvalue weighted by Gasteiger charge is -2.26. The summed E-state index contributed by atoms with van der Waals surface area (Å²) in [6, 6.07) is 6.63. The number of rotatable bonds is 4. The van der Waals surface area contributed by atoms with Gasteiger partial charge in [-0.15, -0.1) is 0 Å². The first-order valence-electron chi connectivity index (χ1n) is 6.28. The van der Waals surface area contributed by atoms with E-state index in [0.717, 1.165) is 26.2 Å². The van der Waals surface area contributed by atoms with Crippen molar-refractivity contribution >= 4 is 17.5 Å². The number of nitrogens with one attached hydrogen (secondary N) is 2. The lowest BCUT2D eigenvalue weighted by atomic mass is 10.2. The van der Waals surface area contributed by atoms with E-state index < -0.39 is 5.91 Å². The van der Waals surface area contributed by atoms with E-state index >= 15 is 0 Å². The Morgan fingerprint density at radius 2 is 2.05 bits per heavy atom. The summed E-state index contributed by atoms with van der Waals surface area (Å²) < 4.78 is 0. The average Bonchev–Trinajstić information content (AvgIpc) is 2.40. The second-order valence-corrected chi connectivity index (χ2v) is 4.52. The van der Waals surface area contributed by atoms with Crippen molar-refractivity contribution in [3.8, 4) is 0 Å². The lowest BCUT2D eigenvalue weighted by Crippen LogP contribution is -2.46. The Bertz CT molecular complexity index is 469. The van der Waals surface area contributed by atoms with Crippen molar-refractivity contribution in [3.63, 3.8) is 0 Å². The number of piperazine rings is 1. The van der Waals surface area contributed by atoms with E-state index in [0.29, 0.717) is 17.8 Å². The maximum Gasteiger partial charge on any atom is 0.248 e. The molecule has 6 nitrogen and oxygen atoms in total.